The van der Waals surface area contributed by atoms with Crippen molar-refractivity contribution < 1.29 is 14.7 Å². The first kappa shape index (κ1) is 13.2. The Hall–Kier alpha value is -1.26. The van der Waals surface area contributed by atoms with Crippen LogP contribution in [-0.4, -0.2) is 40.6 Å². The molecule has 0 bridgehead atoms. The average Bonchev–Trinajstić information content (AvgIpc) is 2.68. The first-order chi connectivity index (χ1) is 8.19. The van der Waals surface area contributed by atoms with Gasteiger partial charge < -0.3 is 15.3 Å². The van der Waals surface area contributed by atoms with Gasteiger partial charge in [-0.15, -0.1) is 0 Å². The fourth-order valence-corrected chi connectivity index (χ4v) is 3.03. The number of carbonyl (C=O) groups excluding carboxylic acids is 1. The molecule has 2 amide bonds. The van der Waals surface area contributed by atoms with Crippen molar-refractivity contribution in [1.29, 1.82) is 0 Å². The SMILES string of the molecule is CC1(C)C(NC(=O)N2CCCC2C(=O)O)C1(C)C. The minimum absolute atomic E-state index is 0.0705. The molecule has 2 aliphatic rings. The third-order valence-corrected chi connectivity index (χ3v) is 5.09. The van der Waals surface area contributed by atoms with E-state index in [2.05, 4.69) is 33.0 Å². The number of nitrogens with one attached hydrogen (secondary N) is 1. The van der Waals surface area contributed by atoms with Crippen molar-refractivity contribution in [1.82, 2.24) is 10.2 Å². The van der Waals surface area contributed by atoms with Gasteiger partial charge in [0.15, 0.2) is 0 Å². The van der Waals surface area contributed by atoms with Crippen molar-refractivity contribution >= 4 is 12.0 Å². The van der Waals surface area contributed by atoms with E-state index in [0.29, 0.717) is 13.0 Å². The molecule has 0 spiro atoms. The van der Waals surface area contributed by atoms with Crippen LogP contribution in [0.4, 0.5) is 4.79 Å². The number of urea groups is 1. The van der Waals surface area contributed by atoms with E-state index in [1.54, 1.807) is 0 Å². The van der Waals surface area contributed by atoms with Gasteiger partial charge in [-0.05, 0) is 23.7 Å². The number of likely N-dealkylation sites (tertiary alicyclic amines) is 1. The van der Waals surface area contributed by atoms with Crippen molar-refractivity contribution in [2.24, 2.45) is 10.8 Å². The Bertz CT molecular complexity index is 376. The zero-order valence-corrected chi connectivity index (χ0v) is 11.5. The Balaban J connectivity index is 2.00. The van der Waals surface area contributed by atoms with E-state index in [-0.39, 0.29) is 22.9 Å². The summed E-state index contributed by atoms with van der Waals surface area (Å²) >= 11 is 0. The highest BCUT2D eigenvalue weighted by atomic mass is 16.4. The molecule has 2 rings (SSSR count). The fraction of sp³-hybridized carbons (Fsp3) is 0.846. The van der Waals surface area contributed by atoms with Gasteiger partial charge in [-0.25, -0.2) is 9.59 Å². The summed E-state index contributed by atoms with van der Waals surface area (Å²) in [6.45, 7) is 9.02. The second-order valence-electron chi connectivity index (χ2n) is 6.52. The maximum Gasteiger partial charge on any atom is 0.326 e. The highest BCUT2D eigenvalue weighted by Crippen LogP contribution is 2.62. The standard InChI is InChI=1S/C13H22N2O3/c1-12(2)10(13(12,3)4)14-11(18)15-7-5-6-8(15)9(16)17/h8,10H,5-7H2,1-4H3,(H,14,18)(H,16,17). The van der Waals surface area contributed by atoms with Gasteiger partial charge >= 0.3 is 12.0 Å². The number of carboxylic acids is 1. The first-order valence-electron chi connectivity index (χ1n) is 6.49. The maximum absolute atomic E-state index is 12.1. The van der Waals surface area contributed by atoms with Crippen molar-refractivity contribution in [3.8, 4) is 0 Å². The lowest BCUT2D eigenvalue weighted by Gasteiger charge is -2.22. The van der Waals surface area contributed by atoms with E-state index in [1.165, 1.54) is 4.90 Å². The van der Waals surface area contributed by atoms with Gasteiger partial charge in [0.1, 0.15) is 6.04 Å². The Labute approximate surface area is 108 Å². The summed E-state index contributed by atoms with van der Waals surface area (Å²) in [5, 5.41) is 12.1. The Morgan fingerprint density at radius 3 is 2.22 bits per heavy atom. The smallest absolute Gasteiger partial charge is 0.326 e. The van der Waals surface area contributed by atoms with E-state index in [4.69, 9.17) is 5.11 Å². The van der Waals surface area contributed by atoms with Crippen LogP contribution in [-0.2, 0) is 4.79 Å². The zero-order valence-electron chi connectivity index (χ0n) is 11.5. The lowest BCUT2D eigenvalue weighted by molar-refractivity contribution is -0.141. The summed E-state index contributed by atoms with van der Waals surface area (Å²) in [5.74, 6) is -0.906. The van der Waals surface area contributed by atoms with Crippen molar-refractivity contribution in [2.45, 2.75) is 52.6 Å². The molecule has 18 heavy (non-hydrogen) atoms. The number of hydrogen-bond acceptors (Lipinski definition) is 2. The fourth-order valence-electron chi connectivity index (χ4n) is 3.03. The van der Waals surface area contributed by atoms with Gasteiger partial charge in [-0.3, -0.25) is 0 Å². The lowest BCUT2D eigenvalue weighted by Crippen LogP contribution is -2.47. The van der Waals surface area contributed by atoms with Crippen molar-refractivity contribution in [2.75, 3.05) is 6.54 Å². The maximum atomic E-state index is 12.1. The quantitative estimate of drug-likeness (QED) is 0.787. The summed E-state index contributed by atoms with van der Waals surface area (Å²) in [5.41, 5.74) is 0.141. The highest BCUT2D eigenvalue weighted by molar-refractivity contribution is 5.83. The number of nitrogens with zero attached hydrogens (tertiary/aromatic N) is 1. The molecule has 0 radical (unpaired) electrons. The molecule has 2 N–H and O–H groups in total. The summed E-state index contributed by atoms with van der Waals surface area (Å²) in [6, 6.07) is -0.772. The first-order valence-corrected chi connectivity index (χ1v) is 6.49. The number of carbonyl (C=O) groups is 2. The van der Waals surface area contributed by atoms with Crippen molar-refractivity contribution in [3.05, 3.63) is 0 Å². The molecule has 1 atom stereocenters. The molecule has 102 valence electrons. The summed E-state index contributed by atoms with van der Waals surface area (Å²) in [6.07, 6.45) is 1.32. The van der Waals surface area contributed by atoms with Crippen molar-refractivity contribution in [3.63, 3.8) is 0 Å². The summed E-state index contributed by atoms with van der Waals surface area (Å²) in [7, 11) is 0. The molecule has 1 aliphatic heterocycles. The number of aliphatic carboxylic acids is 1. The Morgan fingerprint density at radius 1 is 1.22 bits per heavy atom. The summed E-state index contributed by atoms with van der Waals surface area (Å²) < 4.78 is 0. The number of amides is 2. The van der Waals surface area contributed by atoms with E-state index in [1.807, 2.05) is 0 Å². The molecular weight excluding hydrogens is 232 g/mol. The molecule has 1 saturated heterocycles. The van der Waals surface area contributed by atoms with Gasteiger partial charge in [0.05, 0.1) is 0 Å². The zero-order chi connectivity index (χ0) is 13.7. The topological polar surface area (TPSA) is 69.6 Å². The number of rotatable bonds is 2. The summed E-state index contributed by atoms with van der Waals surface area (Å²) in [4.78, 5) is 24.6. The van der Waals surface area contributed by atoms with Crippen LogP contribution < -0.4 is 5.32 Å². The Kier molecular flexibility index (Phi) is 2.83. The third-order valence-electron chi connectivity index (χ3n) is 5.09. The molecule has 2 fully saturated rings. The van der Waals surface area contributed by atoms with Crippen LogP contribution >= 0.6 is 0 Å². The van der Waals surface area contributed by atoms with Gasteiger partial charge in [-0.2, -0.15) is 0 Å². The number of hydrogen-bond donors (Lipinski definition) is 2. The number of carboxylic acid groups (broad SMARTS) is 1. The average molecular weight is 254 g/mol. The largest absolute Gasteiger partial charge is 0.480 e. The van der Waals surface area contributed by atoms with E-state index in [9.17, 15) is 9.59 Å². The van der Waals surface area contributed by atoms with Crippen LogP contribution in [0.1, 0.15) is 40.5 Å². The molecule has 0 aromatic heterocycles. The molecule has 5 heteroatoms. The van der Waals surface area contributed by atoms with Gasteiger partial charge in [-0.1, -0.05) is 27.7 Å². The second-order valence-corrected chi connectivity index (χ2v) is 6.52. The van der Waals surface area contributed by atoms with Crippen LogP contribution in [0.25, 0.3) is 0 Å². The normalized spacial score (nSPS) is 29.1. The molecule has 0 aromatic carbocycles. The molecule has 0 aromatic rings. The monoisotopic (exact) mass is 254 g/mol. The van der Waals surface area contributed by atoms with E-state index in [0.717, 1.165) is 6.42 Å². The minimum atomic E-state index is -0.906. The molecular formula is C13H22N2O3. The highest BCUT2D eigenvalue weighted by Gasteiger charge is 2.65. The molecule has 1 heterocycles. The Morgan fingerprint density at radius 2 is 1.78 bits per heavy atom. The third kappa shape index (κ3) is 1.76. The molecule has 1 unspecified atom stereocenters. The lowest BCUT2D eigenvalue weighted by atomic mass is 10.0. The van der Waals surface area contributed by atoms with E-state index < -0.39 is 12.0 Å². The molecule has 5 nitrogen and oxygen atoms in total. The van der Waals surface area contributed by atoms with Gasteiger partial charge in [0, 0.05) is 12.6 Å². The second kappa shape index (κ2) is 3.87. The van der Waals surface area contributed by atoms with Crippen LogP contribution in [0.5, 0.6) is 0 Å². The van der Waals surface area contributed by atoms with Crippen LogP contribution in [0.3, 0.4) is 0 Å². The van der Waals surface area contributed by atoms with Crippen LogP contribution in [0.2, 0.25) is 0 Å². The van der Waals surface area contributed by atoms with Crippen LogP contribution in [0, 0.1) is 10.8 Å². The van der Waals surface area contributed by atoms with Gasteiger partial charge in [0.25, 0.3) is 0 Å². The minimum Gasteiger partial charge on any atom is -0.480 e. The van der Waals surface area contributed by atoms with Gasteiger partial charge in [0.2, 0.25) is 0 Å². The van der Waals surface area contributed by atoms with E-state index >= 15 is 0 Å². The van der Waals surface area contributed by atoms with Crippen LogP contribution in [0.15, 0.2) is 0 Å². The molecule has 1 saturated carbocycles. The molecule has 1 aliphatic carbocycles. The predicted molar refractivity (Wildman–Crippen MR) is 67.2 cm³/mol. The predicted octanol–water partition coefficient (Wildman–Crippen LogP) is 1.68.